The molecule has 1 aromatic heterocycles. The van der Waals surface area contributed by atoms with Crippen LogP contribution in [0.15, 0.2) is 18.2 Å². The van der Waals surface area contributed by atoms with Crippen molar-refractivity contribution in [1.29, 1.82) is 0 Å². The van der Waals surface area contributed by atoms with E-state index in [4.69, 9.17) is 4.74 Å². The molecule has 0 bridgehead atoms. The Kier molecular flexibility index (Phi) is 5.06. The van der Waals surface area contributed by atoms with Gasteiger partial charge in [0.2, 0.25) is 5.91 Å². The quantitative estimate of drug-likeness (QED) is 0.745. The molecule has 4 rings (SSSR count). The van der Waals surface area contributed by atoms with Gasteiger partial charge in [0.1, 0.15) is 5.82 Å². The van der Waals surface area contributed by atoms with Crippen LogP contribution in [0.2, 0.25) is 0 Å². The first-order valence-electron chi connectivity index (χ1n) is 10.3. The minimum absolute atomic E-state index is 0.155. The molecule has 2 saturated heterocycles. The van der Waals surface area contributed by atoms with Crippen LogP contribution in [0.1, 0.15) is 55.9 Å². The summed E-state index contributed by atoms with van der Waals surface area (Å²) in [6, 6.07) is 5.55. The number of carbonyl (C=O) groups is 2. The summed E-state index contributed by atoms with van der Waals surface area (Å²) in [5.41, 5.74) is 0.519. The number of hydrogen-bond acceptors (Lipinski definition) is 5. The Bertz CT molecular complexity index is 718. The van der Waals surface area contributed by atoms with Gasteiger partial charge in [-0.3, -0.25) is 4.79 Å². The Hall–Kier alpha value is -2.11. The Morgan fingerprint density at radius 1 is 1.30 bits per heavy atom. The van der Waals surface area contributed by atoms with Gasteiger partial charge in [0.25, 0.3) is 0 Å². The molecule has 1 spiro atoms. The van der Waals surface area contributed by atoms with Gasteiger partial charge in [0.15, 0.2) is 5.69 Å². The molecule has 0 N–H and O–H groups in total. The highest BCUT2D eigenvalue weighted by Gasteiger charge is 2.43. The number of esters is 1. The van der Waals surface area contributed by atoms with Crippen molar-refractivity contribution >= 4 is 17.7 Å². The molecule has 1 atom stereocenters. The van der Waals surface area contributed by atoms with Crippen molar-refractivity contribution in [3.05, 3.63) is 23.9 Å². The molecule has 0 unspecified atom stereocenters. The lowest BCUT2D eigenvalue weighted by Crippen LogP contribution is -2.54. The van der Waals surface area contributed by atoms with Crippen molar-refractivity contribution in [2.45, 2.75) is 45.4 Å². The fourth-order valence-corrected chi connectivity index (χ4v) is 4.54. The van der Waals surface area contributed by atoms with E-state index in [0.717, 1.165) is 57.2 Å². The van der Waals surface area contributed by atoms with Crippen LogP contribution >= 0.6 is 0 Å². The van der Waals surface area contributed by atoms with E-state index in [1.165, 1.54) is 12.8 Å². The summed E-state index contributed by atoms with van der Waals surface area (Å²) < 4.78 is 5.08. The first-order valence-corrected chi connectivity index (χ1v) is 10.3. The summed E-state index contributed by atoms with van der Waals surface area (Å²) >= 11 is 0. The minimum Gasteiger partial charge on any atom is -0.461 e. The van der Waals surface area contributed by atoms with Crippen molar-refractivity contribution in [1.82, 2.24) is 9.88 Å². The van der Waals surface area contributed by atoms with Gasteiger partial charge in [-0.2, -0.15) is 0 Å². The molecule has 27 heavy (non-hydrogen) atoms. The lowest BCUT2D eigenvalue weighted by Gasteiger charge is -2.48. The van der Waals surface area contributed by atoms with Gasteiger partial charge in [-0.15, -0.1) is 0 Å². The van der Waals surface area contributed by atoms with E-state index in [-0.39, 0.29) is 11.4 Å². The first-order chi connectivity index (χ1) is 13.1. The third-order valence-corrected chi connectivity index (χ3v) is 6.13. The number of ether oxygens (including phenoxy) is 1. The number of carbonyl (C=O) groups excluding carboxylic acids is 2. The van der Waals surface area contributed by atoms with Gasteiger partial charge in [-0.1, -0.05) is 6.07 Å². The van der Waals surface area contributed by atoms with E-state index < -0.39 is 0 Å². The molecule has 1 amide bonds. The number of nitrogens with zero attached hydrogens (tertiary/aromatic N) is 3. The highest BCUT2D eigenvalue weighted by Crippen LogP contribution is 2.41. The van der Waals surface area contributed by atoms with E-state index in [1.807, 2.05) is 12.1 Å². The number of rotatable bonds is 5. The number of pyridine rings is 1. The van der Waals surface area contributed by atoms with Gasteiger partial charge >= 0.3 is 5.97 Å². The predicted molar refractivity (Wildman–Crippen MR) is 103 cm³/mol. The second-order valence-corrected chi connectivity index (χ2v) is 8.34. The van der Waals surface area contributed by atoms with Gasteiger partial charge < -0.3 is 14.5 Å². The summed E-state index contributed by atoms with van der Waals surface area (Å²) in [6.07, 6.45) is 6.42. The Morgan fingerprint density at radius 3 is 2.93 bits per heavy atom. The maximum Gasteiger partial charge on any atom is 0.356 e. The van der Waals surface area contributed by atoms with Crippen LogP contribution in [0, 0.1) is 11.3 Å². The number of anilines is 1. The predicted octanol–water partition coefficient (Wildman–Crippen LogP) is 2.88. The Morgan fingerprint density at radius 2 is 2.15 bits per heavy atom. The third kappa shape index (κ3) is 4.09. The summed E-state index contributed by atoms with van der Waals surface area (Å²) in [6.45, 7) is 5.81. The van der Waals surface area contributed by atoms with Crippen LogP contribution in [-0.2, 0) is 9.53 Å². The molecule has 3 aliphatic rings. The molecular weight excluding hydrogens is 342 g/mol. The van der Waals surface area contributed by atoms with E-state index in [1.54, 1.807) is 13.0 Å². The summed E-state index contributed by atoms with van der Waals surface area (Å²) in [5, 5.41) is 0. The van der Waals surface area contributed by atoms with Crippen molar-refractivity contribution in [3.63, 3.8) is 0 Å². The van der Waals surface area contributed by atoms with Crippen molar-refractivity contribution in [2.75, 3.05) is 37.7 Å². The van der Waals surface area contributed by atoms with Crippen LogP contribution < -0.4 is 4.90 Å². The zero-order valence-corrected chi connectivity index (χ0v) is 16.2. The van der Waals surface area contributed by atoms with Crippen LogP contribution in [-0.4, -0.2) is 54.5 Å². The van der Waals surface area contributed by atoms with E-state index in [0.29, 0.717) is 24.6 Å². The van der Waals surface area contributed by atoms with Crippen LogP contribution in [0.4, 0.5) is 5.82 Å². The second-order valence-electron chi connectivity index (χ2n) is 8.34. The largest absolute Gasteiger partial charge is 0.461 e. The normalized spacial score (nSPS) is 25.7. The lowest BCUT2D eigenvalue weighted by molar-refractivity contribution is -0.138. The molecule has 0 aromatic carbocycles. The molecule has 2 aliphatic heterocycles. The van der Waals surface area contributed by atoms with Crippen LogP contribution in [0.3, 0.4) is 0 Å². The number of aromatic nitrogens is 1. The molecule has 3 fully saturated rings. The molecule has 6 nitrogen and oxygen atoms in total. The average Bonchev–Trinajstić information content (AvgIpc) is 3.49. The third-order valence-electron chi connectivity index (χ3n) is 6.13. The van der Waals surface area contributed by atoms with Crippen molar-refractivity contribution in [3.8, 4) is 0 Å². The summed E-state index contributed by atoms with van der Waals surface area (Å²) in [7, 11) is 0. The molecule has 146 valence electrons. The van der Waals surface area contributed by atoms with Crippen LogP contribution in [0.25, 0.3) is 0 Å². The zero-order chi connectivity index (χ0) is 18.9. The van der Waals surface area contributed by atoms with Gasteiger partial charge in [0, 0.05) is 38.0 Å². The standard InChI is InChI=1S/C21H29N3O3/c1-2-27-20(26)17-5-3-6-18(22-17)23-12-4-10-21(14-23)11-9-19(25)24(15-21)13-16-7-8-16/h3,5-6,16H,2,4,7-15H2,1H3/t21-/m1/s1. The second kappa shape index (κ2) is 7.49. The lowest BCUT2D eigenvalue weighted by atomic mass is 9.73. The molecule has 1 saturated carbocycles. The molecule has 6 heteroatoms. The van der Waals surface area contributed by atoms with Crippen LogP contribution in [0.5, 0.6) is 0 Å². The molecule has 1 aromatic rings. The number of amides is 1. The summed E-state index contributed by atoms with van der Waals surface area (Å²) in [5.74, 6) is 1.52. The topological polar surface area (TPSA) is 62.7 Å². The molecular formula is C21H29N3O3. The molecule has 0 radical (unpaired) electrons. The van der Waals surface area contributed by atoms with E-state index in [2.05, 4.69) is 14.8 Å². The maximum absolute atomic E-state index is 12.4. The number of piperidine rings is 2. The van der Waals surface area contributed by atoms with Crippen molar-refractivity contribution in [2.24, 2.45) is 11.3 Å². The average molecular weight is 371 g/mol. The Labute approximate surface area is 160 Å². The summed E-state index contributed by atoms with van der Waals surface area (Å²) in [4.78, 5) is 33.3. The fraction of sp³-hybridized carbons (Fsp3) is 0.667. The number of likely N-dealkylation sites (tertiary alicyclic amines) is 1. The monoisotopic (exact) mass is 371 g/mol. The van der Waals surface area contributed by atoms with Gasteiger partial charge in [-0.25, -0.2) is 9.78 Å². The molecule has 1 aliphatic carbocycles. The van der Waals surface area contributed by atoms with Gasteiger partial charge in [0.05, 0.1) is 6.61 Å². The highest BCUT2D eigenvalue weighted by atomic mass is 16.5. The SMILES string of the molecule is CCOC(=O)c1cccc(N2CCC[C@@]3(CCC(=O)N(CC4CC4)C3)C2)n1. The van der Waals surface area contributed by atoms with Crippen molar-refractivity contribution < 1.29 is 14.3 Å². The zero-order valence-electron chi connectivity index (χ0n) is 16.2. The smallest absolute Gasteiger partial charge is 0.356 e. The van der Waals surface area contributed by atoms with E-state index >= 15 is 0 Å². The highest BCUT2D eigenvalue weighted by molar-refractivity contribution is 5.87. The van der Waals surface area contributed by atoms with E-state index in [9.17, 15) is 9.59 Å². The Balaban J connectivity index is 1.48. The molecule has 3 heterocycles. The van der Waals surface area contributed by atoms with Gasteiger partial charge in [-0.05, 0) is 57.1 Å². The minimum atomic E-state index is -0.370. The number of hydrogen-bond donors (Lipinski definition) is 0. The fourth-order valence-electron chi connectivity index (χ4n) is 4.54. The maximum atomic E-state index is 12.4. The first kappa shape index (κ1) is 18.3.